The monoisotopic (exact) mass is 539 g/mol. The third-order valence-electron chi connectivity index (χ3n) is 5.81. The van der Waals surface area contributed by atoms with Gasteiger partial charge in [0, 0.05) is 37.0 Å². The van der Waals surface area contributed by atoms with E-state index >= 15 is 0 Å². The number of aromatic hydroxyl groups is 1. The molecule has 2 aromatic carbocycles. The van der Waals surface area contributed by atoms with Crippen molar-refractivity contribution in [2.75, 3.05) is 46.2 Å². The number of nitrogens with zero attached hydrogens (tertiary/aromatic N) is 1. The fourth-order valence-corrected chi connectivity index (χ4v) is 3.90. The van der Waals surface area contributed by atoms with Crippen molar-refractivity contribution in [3.8, 4) is 11.5 Å². The van der Waals surface area contributed by atoms with E-state index in [9.17, 15) is 14.7 Å². The number of rotatable bonds is 12. The van der Waals surface area contributed by atoms with Crippen molar-refractivity contribution in [1.29, 1.82) is 0 Å². The van der Waals surface area contributed by atoms with Gasteiger partial charge in [-0.25, -0.2) is 0 Å². The Morgan fingerprint density at radius 3 is 2.33 bits per heavy atom. The average Bonchev–Trinajstić information content (AvgIpc) is 2.88. The fourth-order valence-electron chi connectivity index (χ4n) is 3.90. The lowest BCUT2D eigenvalue weighted by molar-refractivity contribution is -0.144. The molecular formula is C31H45N3O5. The van der Waals surface area contributed by atoms with Gasteiger partial charge < -0.3 is 30.1 Å². The van der Waals surface area contributed by atoms with Gasteiger partial charge in [-0.05, 0) is 56.8 Å². The summed E-state index contributed by atoms with van der Waals surface area (Å²) in [4.78, 5) is 24.1. The molecule has 0 aliphatic heterocycles. The summed E-state index contributed by atoms with van der Waals surface area (Å²) in [6.07, 6.45) is 3.39. The Hall–Kier alpha value is -3.78. The lowest BCUT2D eigenvalue weighted by Gasteiger charge is -2.19. The highest BCUT2D eigenvalue weighted by Gasteiger charge is 2.10. The highest BCUT2D eigenvalue weighted by atomic mass is 16.5. The van der Waals surface area contributed by atoms with Gasteiger partial charge in [0.05, 0.1) is 12.8 Å². The predicted octanol–water partition coefficient (Wildman–Crippen LogP) is 3.79. The molecular weight excluding hydrogens is 494 g/mol. The second-order valence-corrected chi connectivity index (χ2v) is 9.34. The van der Waals surface area contributed by atoms with E-state index in [1.54, 1.807) is 0 Å². The maximum absolute atomic E-state index is 11.4. The van der Waals surface area contributed by atoms with Crippen molar-refractivity contribution in [3.63, 3.8) is 0 Å². The van der Waals surface area contributed by atoms with Crippen LogP contribution in [0.25, 0.3) is 12.3 Å². The van der Waals surface area contributed by atoms with Gasteiger partial charge in [-0.15, -0.1) is 0 Å². The van der Waals surface area contributed by atoms with Crippen LogP contribution in [0.4, 0.5) is 5.69 Å². The number of allylic oxidation sites excluding steroid dienone is 1. The van der Waals surface area contributed by atoms with Crippen LogP contribution in [0, 0.1) is 0 Å². The second-order valence-electron chi connectivity index (χ2n) is 9.34. The Bertz CT molecular complexity index is 1220. The van der Waals surface area contributed by atoms with Gasteiger partial charge in [-0.3, -0.25) is 9.59 Å². The minimum absolute atomic E-state index is 0.00594. The predicted molar refractivity (Wildman–Crippen MR) is 159 cm³/mol. The number of anilines is 1. The van der Waals surface area contributed by atoms with Gasteiger partial charge in [0.15, 0.2) is 6.61 Å². The van der Waals surface area contributed by atoms with E-state index in [-0.39, 0.29) is 12.4 Å². The van der Waals surface area contributed by atoms with Gasteiger partial charge in [0.2, 0.25) is 0 Å². The van der Waals surface area contributed by atoms with Crippen molar-refractivity contribution in [1.82, 2.24) is 10.2 Å². The molecule has 0 bridgehead atoms. The molecule has 0 spiro atoms. The Kier molecular flexibility index (Phi) is 15.1. The molecule has 8 heteroatoms. The molecule has 1 amide bonds. The summed E-state index contributed by atoms with van der Waals surface area (Å²) in [5, 5.41) is 17.7. The molecule has 0 aliphatic carbocycles. The number of ether oxygens (including phenoxy) is 2. The van der Waals surface area contributed by atoms with Crippen molar-refractivity contribution >= 4 is 29.8 Å². The van der Waals surface area contributed by atoms with Gasteiger partial charge in [-0.2, -0.15) is 0 Å². The van der Waals surface area contributed by atoms with E-state index in [0.717, 1.165) is 31.1 Å². The quantitative estimate of drug-likeness (QED) is 0.353. The first-order valence-corrected chi connectivity index (χ1v) is 13.2. The normalized spacial score (nSPS) is 12.0. The lowest BCUT2D eigenvalue weighted by Crippen LogP contribution is -2.35. The minimum Gasteiger partial charge on any atom is -0.508 e. The van der Waals surface area contributed by atoms with Crippen LogP contribution in [0.2, 0.25) is 0 Å². The molecule has 0 radical (unpaired) electrons. The van der Waals surface area contributed by atoms with Crippen molar-refractivity contribution in [2.45, 2.75) is 47.0 Å². The van der Waals surface area contributed by atoms with Crippen LogP contribution in [0.5, 0.6) is 11.5 Å². The summed E-state index contributed by atoms with van der Waals surface area (Å²) < 4.78 is 9.52. The van der Waals surface area contributed by atoms with E-state index in [1.807, 2.05) is 0 Å². The molecule has 0 aromatic heterocycles. The Balaban J connectivity index is 0.000000403. The number of carbonyl (C=O) groups is 2. The van der Waals surface area contributed by atoms with Crippen LogP contribution < -0.4 is 25.8 Å². The molecule has 2 aromatic rings. The number of hydrogen-bond acceptors (Lipinski definition) is 7. The number of nitrogens with one attached hydrogen (secondary N) is 2. The standard InChI is InChI=1S/C20H32N2.C11H13NO5/c1-7-11-16(3)18(8-2)20(21-14-15-22(5)6)19-13-10-9-12-17(19)4;1-7(13)17-6-11(15)12-9-5-8(14)3-4-10(9)16-2/h9-10,12-13,21H,4,7-8,11,14-15H2,1-3,5-6H3;3-5,14H,6H2,1-2H3,(H,12,15)/b18-16+,20-19+;. The Morgan fingerprint density at radius 1 is 1.08 bits per heavy atom. The molecule has 2 rings (SSSR count). The zero-order valence-electron chi connectivity index (χ0n) is 24.5. The maximum atomic E-state index is 11.4. The summed E-state index contributed by atoms with van der Waals surface area (Å²) in [6.45, 7) is 13.8. The summed E-state index contributed by atoms with van der Waals surface area (Å²) in [7, 11) is 5.65. The first-order chi connectivity index (χ1) is 18.5. The molecule has 0 atom stereocenters. The van der Waals surface area contributed by atoms with E-state index in [4.69, 9.17) is 4.74 Å². The Morgan fingerprint density at radius 2 is 1.77 bits per heavy atom. The number of carbonyl (C=O) groups excluding carboxylic acids is 2. The molecule has 0 saturated heterocycles. The highest BCUT2D eigenvalue weighted by Crippen LogP contribution is 2.28. The van der Waals surface area contributed by atoms with Crippen LogP contribution in [0.3, 0.4) is 0 Å². The molecule has 0 saturated carbocycles. The molecule has 0 aliphatic rings. The number of phenols is 1. The summed E-state index contributed by atoms with van der Waals surface area (Å²) >= 11 is 0. The van der Waals surface area contributed by atoms with E-state index < -0.39 is 11.9 Å². The van der Waals surface area contributed by atoms with Gasteiger partial charge in [0.25, 0.3) is 5.91 Å². The van der Waals surface area contributed by atoms with Crippen LogP contribution in [0.1, 0.15) is 47.0 Å². The summed E-state index contributed by atoms with van der Waals surface area (Å²) in [5.74, 6) is -0.653. The summed E-state index contributed by atoms with van der Waals surface area (Å²) in [5.41, 5.74) is 4.50. The number of methoxy groups -OCH3 is 1. The van der Waals surface area contributed by atoms with Gasteiger partial charge in [0.1, 0.15) is 11.5 Å². The number of likely N-dealkylation sites (N-methyl/N-ethyl adjacent to an activating group) is 1. The van der Waals surface area contributed by atoms with Crippen molar-refractivity contribution < 1.29 is 24.2 Å². The topological polar surface area (TPSA) is 100 Å². The average molecular weight is 540 g/mol. The van der Waals surface area contributed by atoms with Crippen LogP contribution >= 0.6 is 0 Å². The van der Waals surface area contributed by atoms with Gasteiger partial charge in [-0.1, -0.05) is 56.7 Å². The minimum atomic E-state index is -0.539. The second kappa shape index (κ2) is 17.7. The lowest BCUT2D eigenvalue weighted by atomic mass is 9.98. The number of benzene rings is 2. The van der Waals surface area contributed by atoms with Crippen LogP contribution in [-0.2, 0) is 14.3 Å². The van der Waals surface area contributed by atoms with Crippen LogP contribution in [-0.4, -0.2) is 62.8 Å². The molecule has 0 fully saturated rings. The fraction of sp³-hybridized carbons (Fsp3) is 0.419. The third kappa shape index (κ3) is 12.1. The van der Waals surface area contributed by atoms with E-state index in [0.29, 0.717) is 11.4 Å². The molecule has 0 heterocycles. The summed E-state index contributed by atoms with van der Waals surface area (Å²) in [6, 6.07) is 12.7. The van der Waals surface area contributed by atoms with Crippen molar-refractivity contribution in [2.24, 2.45) is 0 Å². The maximum Gasteiger partial charge on any atom is 0.303 e. The van der Waals surface area contributed by atoms with Gasteiger partial charge >= 0.3 is 5.97 Å². The molecule has 0 unspecified atom stereocenters. The zero-order valence-corrected chi connectivity index (χ0v) is 24.5. The third-order valence-corrected chi connectivity index (χ3v) is 5.81. The smallest absolute Gasteiger partial charge is 0.303 e. The number of esters is 1. The number of amides is 1. The SMILES string of the molecule is C=c1cccc/c1=C(NCCN(C)C)/C(CC)=C(\C)CCC.COc1ccc(O)cc1NC(=O)COC(C)=O. The zero-order chi connectivity index (χ0) is 29.4. The molecule has 3 N–H and O–H groups in total. The molecule has 214 valence electrons. The highest BCUT2D eigenvalue weighted by molar-refractivity contribution is 5.94. The Labute approximate surface area is 233 Å². The van der Waals surface area contributed by atoms with E-state index in [1.165, 1.54) is 60.7 Å². The van der Waals surface area contributed by atoms with Crippen molar-refractivity contribution in [3.05, 3.63) is 64.0 Å². The largest absolute Gasteiger partial charge is 0.508 e. The first-order valence-electron chi connectivity index (χ1n) is 13.2. The number of phenolic OH excluding ortho intramolecular Hbond substituents is 1. The molecule has 8 nitrogen and oxygen atoms in total. The van der Waals surface area contributed by atoms with E-state index in [2.05, 4.69) is 86.0 Å². The number of hydrogen-bond donors (Lipinski definition) is 3. The van der Waals surface area contributed by atoms with Crippen LogP contribution in [0.15, 0.2) is 53.6 Å². The first kappa shape index (κ1) is 33.2. The molecule has 39 heavy (non-hydrogen) atoms.